The third-order valence-electron chi connectivity index (χ3n) is 4.85. The summed E-state index contributed by atoms with van der Waals surface area (Å²) in [5.74, 6) is -0.540. The lowest BCUT2D eigenvalue weighted by Crippen LogP contribution is -2.23. The average Bonchev–Trinajstić information content (AvgIpc) is 3.14. The molecule has 0 radical (unpaired) electrons. The normalized spacial score (nSPS) is 16.0. The maximum Gasteiger partial charge on any atom is 0.273 e. The third-order valence-corrected chi connectivity index (χ3v) is 5.60. The van der Waals surface area contributed by atoms with Crippen LogP contribution in [-0.2, 0) is 6.42 Å². The van der Waals surface area contributed by atoms with Crippen LogP contribution in [0.25, 0.3) is 11.3 Å². The Morgan fingerprint density at radius 3 is 2.90 bits per heavy atom. The van der Waals surface area contributed by atoms with Crippen LogP contribution in [0.4, 0.5) is 14.7 Å². The van der Waals surface area contributed by atoms with E-state index in [-0.39, 0.29) is 30.7 Å². The molecule has 1 atom stereocenters. The van der Waals surface area contributed by atoms with Crippen molar-refractivity contribution in [2.45, 2.75) is 25.7 Å². The first-order chi connectivity index (χ1) is 14.0. The number of fused-ring (bicyclic) bond motifs is 1. The quantitative estimate of drug-likeness (QED) is 0.680. The molecule has 0 saturated carbocycles. The molecule has 1 aliphatic rings. The Labute approximate surface area is 169 Å². The number of hydrogen-bond acceptors (Lipinski definition) is 7. The van der Waals surface area contributed by atoms with Gasteiger partial charge in [0.1, 0.15) is 19.1 Å². The van der Waals surface area contributed by atoms with E-state index in [1.165, 1.54) is 23.5 Å². The van der Waals surface area contributed by atoms with Crippen LogP contribution in [0.2, 0.25) is 0 Å². The van der Waals surface area contributed by atoms with Crippen molar-refractivity contribution in [3.63, 3.8) is 0 Å². The first-order valence-corrected chi connectivity index (χ1v) is 9.94. The highest BCUT2D eigenvalue weighted by Crippen LogP contribution is 2.39. The fraction of sp³-hybridized carbons (Fsp3) is 0.300. The number of ketones is 1. The number of hydrogen-bond donors (Lipinski definition) is 1. The molecule has 2 aromatic heterocycles. The van der Waals surface area contributed by atoms with E-state index in [1.54, 1.807) is 18.4 Å². The second kappa shape index (κ2) is 7.82. The van der Waals surface area contributed by atoms with Crippen LogP contribution < -0.4 is 10.5 Å². The number of carbonyl (C=O) groups excluding carboxylic acids is 1. The monoisotopic (exact) mass is 415 g/mol. The lowest BCUT2D eigenvalue weighted by molar-refractivity contribution is 0.0962. The van der Waals surface area contributed by atoms with E-state index in [2.05, 4.69) is 15.0 Å². The maximum atomic E-state index is 14.0. The number of benzene rings is 1. The molecular formula is C20H18F2N4O2S. The molecule has 0 spiro atoms. The van der Waals surface area contributed by atoms with Crippen LogP contribution in [0.1, 0.15) is 39.6 Å². The molecule has 0 bridgehead atoms. The zero-order chi connectivity index (χ0) is 20.5. The number of anilines is 1. The summed E-state index contributed by atoms with van der Waals surface area (Å²) in [7, 11) is 0. The summed E-state index contributed by atoms with van der Waals surface area (Å²) in [4.78, 5) is 25.5. The Morgan fingerprint density at radius 2 is 2.10 bits per heavy atom. The molecule has 2 heterocycles. The first-order valence-electron chi connectivity index (χ1n) is 9.06. The molecule has 0 aliphatic heterocycles. The summed E-state index contributed by atoms with van der Waals surface area (Å²) in [5.41, 5.74) is 9.37. The second-order valence-electron chi connectivity index (χ2n) is 6.78. The first kappa shape index (κ1) is 19.4. The second-order valence-corrected chi connectivity index (χ2v) is 7.61. The van der Waals surface area contributed by atoms with Gasteiger partial charge in [0.05, 0.1) is 22.6 Å². The summed E-state index contributed by atoms with van der Waals surface area (Å²) >= 11 is 1.21. The van der Waals surface area contributed by atoms with E-state index in [0.717, 1.165) is 5.56 Å². The van der Waals surface area contributed by atoms with Crippen molar-refractivity contribution >= 4 is 23.1 Å². The van der Waals surface area contributed by atoms with Crippen LogP contribution in [-0.4, -0.2) is 34.0 Å². The molecule has 1 unspecified atom stereocenters. The molecule has 4 rings (SSSR count). The minimum Gasteiger partial charge on any atom is -0.467 e. The van der Waals surface area contributed by atoms with E-state index in [1.807, 2.05) is 0 Å². The van der Waals surface area contributed by atoms with Gasteiger partial charge in [-0.2, -0.15) is 0 Å². The number of halogens is 2. The Kier molecular flexibility index (Phi) is 5.23. The van der Waals surface area contributed by atoms with Crippen LogP contribution in [0.3, 0.4) is 0 Å². The number of alkyl halides is 1. The Morgan fingerprint density at radius 1 is 1.28 bits per heavy atom. The van der Waals surface area contributed by atoms with Gasteiger partial charge in [-0.05, 0) is 37.0 Å². The van der Waals surface area contributed by atoms with Gasteiger partial charge in [-0.3, -0.25) is 4.79 Å². The third kappa shape index (κ3) is 3.82. The van der Waals surface area contributed by atoms with Crippen molar-refractivity contribution < 1.29 is 18.3 Å². The highest BCUT2D eigenvalue weighted by molar-refractivity contribution is 7.11. The number of nitrogens with two attached hydrogens (primary N) is 1. The lowest BCUT2D eigenvalue weighted by atomic mass is 9.79. The van der Waals surface area contributed by atoms with E-state index >= 15 is 0 Å². The van der Waals surface area contributed by atoms with Crippen LogP contribution in [0.5, 0.6) is 5.19 Å². The number of carbonyl (C=O) groups is 1. The van der Waals surface area contributed by atoms with Gasteiger partial charge in [0, 0.05) is 17.4 Å². The van der Waals surface area contributed by atoms with Crippen molar-refractivity contribution in [2.75, 3.05) is 19.0 Å². The number of aromatic nitrogens is 3. The SMILES string of the molecule is Cc1nc(N)nc2c1C(=O)CC(c1ccc(F)cc1-c1csc(OCC[18F])n1)C2. The number of rotatable bonds is 5. The largest absolute Gasteiger partial charge is 0.467 e. The Hall–Kier alpha value is -2.94. The maximum absolute atomic E-state index is 14.0. The van der Waals surface area contributed by atoms with Crippen LogP contribution in [0.15, 0.2) is 23.6 Å². The molecule has 1 aliphatic carbocycles. The molecule has 29 heavy (non-hydrogen) atoms. The number of thiazole rings is 1. The summed E-state index contributed by atoms with van der Waals surface area (Å²) < 4.78 is 31.6. The number of nitrogens with zero attached hydrogens (tertiary/aromatic N) is 3. The summed E-state index contributed by atoms with van der Waals surface area (Å²) in [6.45, 7) is 1.04. The fourth-order valence-electron chi connectivity index (χ4n) is 3.70. The zero-order valence-electron chi connectivity index (χ0n) is 15.6. The van der Waals surface area contributed by atoms with Crippen molar-refractivity contribution in [1.29, 1.82) is 0 Å². The molecule has 3 aromatic rings. The van der Waals surface area contributed by atoms with Gasteiger partial charge in [-0.1, -0.05) is 17.4 Å². The molecule has 0 saturated heterocycles. The van der Waals surface area contributed by atoms with Gasteiger partial charge in [-0.25, -0.2) is 23.7 Å². The van der Waals surface area contributed by atoms with E-state index in [4.69, 9.17) is 10.5 Å². The van der Waals surface area contributed by atoms with Gasteiger partial charge in [-0.15, -0.1) is 0 Å². The highest BCUT2D eigenvalue weighted by atomic mass is 32.1. The summed E-state index contributed by atoms with van der Waals surface area (Å²) in [6.07, 6.45) is 0.748. The molecule has 0 fully saturated rings. The number of nitrogen functional groups attached to an aromatic ring is 1. The Bertz CT molecular complexity index is 1090. The number of ether oxygens (including phenoxy) is 1. The fourth-order valence-corrected chi connectivity index (χ4v) is 4.39. The van der Waals surface area contributed by atoms with E-state index in [0.29, 0.717) is 39.8 Å². The highest BCUT2D eigenvalue weighted by Gasteiger charge is 2.31. The topological polar surface area (TPSA) is 91.0 Å². The van der Waals surface area contributed by atoms with Gasteiger partial charge in [0.25, 0.3) is 5.19 Å². The van der Waals surface area contributed by atoms with Crippen LogP contribution >= 0.6 is 11.3 Å². The van der Waals surface area contributed by atoms with E-state index < -0.39 is 12.5 Å². The standard InChI is InChI=1S/C20H18F2N4O2S/c1-10-18-15(25-19(23)24-10)6-11(7-17(18)27)13-3-2-12(22)8-14(13)16-9-29-20(26-16)28-5-4-21/h2-3,8-9,11H,4-7H2,1H3,(H2,23,24,25)/i21-1. The molecule has 9 heteroatoms. The smallest absolute Gasteiger partial charge is 0.273 e. The van der Waals surface area contributed by atoms with Crippen molar-refractivity contribution in [3.05, 3.63) is 51.9 Å². The molecule has 150 valence electrons. The molecule has 0 amide bonds. The Balaban J connectivity index is 1.72. The van der Waals surface area contributed by atoms with E-state index in [9.17, 15) is 13.6 Å². The van der Waals surface area contributed by atoms with Gasteiger partial charge in [0.15, 0.2) is 5.78 Å². The lowest BCUT2D eigenvalue weighted by Gasteiger charge is -2.25. The number of Topliss-reactive ketones (excluding diaryl/α,β-unsaturated/α-hetero) is 1. The minimum absolute atomic E-state index is 0.0609. The summed E-state index contributed by atoms with van der Waals surface area (Å²) in [6, 6.07) is 4.43. The average molecular weight is 415 g/mol. The summed E-state index contributed by atoms with van der Waals surface area (Å²) in [5, 5.41) is 2.04. The van der Waals surface area contributed by atoms with Gasteiger partial charge < -0.3 is 10.5 Å². The predicted octanol–water partition coefficient (Wildman–Crippen LogP) is 3.89. The minimum atomic E-state index is -0.617. The van der Waals surface area contributed by atoms with Crippen molar-refractivity contribution in [3.8, 4) is 16.5 Å². The zero-order valence-corrected chi connectivity index (χ0v) is 16.4. The molecule has 2 N–H and O–H groups in total. The predicted molar refractivity (Wildman–Crippen MR) is 106 cm³/mol. The van der Waals surface area contributed by atoms with Crippen molar-refractivity contribution in [1.82, 2.24) is 15.0 Å². The molecular weight excluding hydrogens is 397 g/mol. The number of aryl methyl sites for hydroxylation is 1. The van der Waals surface area contributed by atoms with Gasteiger partial charge >= 0.3 is 0 Å². The van der Waals surface area contributed by atoms with Crippen molar-refractivity contribution in [2.24, 2.45) is 0 Å². The molecule has 6 nitrogen and oxygen atoms in total. The van der Waals surface area contributed by atoms with Gasteiger partial charge in [0.2, 0.25) is 5.95 Å². The van der Waals surface area contributed by atoms with Crippen LogP contribution in [0, 0.1) is 12.7 Å². The molecule has 1 aromatic carbocycles.